The van der Waals surface area contributed by atoms with E-state index in [9.17, 15) is 9.59 Å². The molecule has 0 aliphatic rings. The molecule has 0 bridgehead atoms. The molecule has 6 nitrogen and oxygen atoms in total. The molecule has 2 rings (SSSR count). The standard InChI is InChI=1S/C19H23N3O3/c1-25-11-10-21-19(24)16-8-5-9-17(12-16)22-18(23)14-20-13-15-6-3-2-4-7-15/h2-9,12,20H,10-11,13-14H2,1H3,(H,21,24)(H,22,23). The van der Waals surface area contributed by atoms with Crippen LogP contribution in [0, 0.1) is 0 Å². The number of rotatable bonds is 9. The first-order valence-electron chi connectivity index (χ1n) is 8.10. The average molecular weight is 341 g/mol. The fourth-order valence-electron chi connectivity index (χ4n) is 2.23. The zero-order chi connectivity index (χ0) is 17.9. The number of methoxy groups -OCH3 is 1. The maximum Gasteiger partial charge on any atom is 0.251 e. The molecule has 0 unspecified atom stereocenters. The molecule has 132 valence electrons. The summed E-state index contributed by atoms with van der Waals surface area (Å²) in [5, 5.41) is 8.62. The molecule has 6 heteroatoms. The molecule has 0 saturated carbocycles. The van der Waals surface area contributed by atoms with E-state index < -0.39 is 0 Å². The van der Waals surface area contributed by atoms with Gasteiger partial charge in [-0.3, -0.25) is 9.59 Å². The Morgan fingerprint density at radius 1 is 1.04 bits per heavy atom. The van der Waals surface area contributed by atoms with Crippen molar-refractivity contribution in [1.82, 2.24) is 10.6 Å². The zero-order valence-corrected chi connectivity index (χ0v) is 14.2. The van der Waals surface area contributed by atoms with E-state index in [1.807, 2.05) is 30.3 Å². The summed E-state index contributed by atoms with van der Waals surface area (Å²) >= 11 is 0. The Labute approximate surface area is 147 Å². The number of anilines is 1. The van der Waals surface area contributed by atoms with Gasteiger partial charge in [-0.05, 0) is 23.8 Å². The lowest BCUT2D eigenvalue weighted by molar-refractivity contribution is -0.115. The van der Waals surface area contributed by atoms with Gasteiger partial charge in [0.2, 0.25) is 5.91 Å². The molecule has 0 aliphatic heterocycles. The van der Waals surface area contributed by atoms with Gasteiger partial charge in [-0.15, -0.1) is 0 Å². The van der Waals surface area contributed by atoms with Gasteiger partial charge in [-0.2, -0.15) is 0 Å². The summed E-state index contributed by atoms with van der Waals surface area (Å²) in [5.74, 6) is -0.358. The molecule has 0 aliphatic carbocycles. The highest BCUT2D eigenvalue weighted by Crippen LogP contribution is 2.10. The number of nitrogens with one attached hydrogen (secondary N) is 3. The molecular formula is C19H23N3O3. The minimum absolute atomic E-state index is 0.159. The molecule has 3 N–H and O–H groups in total. The summed E-state index contributed by atoms with van der Waals surface area (Å²) in [6.07, 6.45) is 0. The number of hydrogen-bond donors (Lipinski definition) is 3. The molecule has 0 atom stereocenters. The van der Waals surface area contributed by atoms with Crippen LogP contribution < -0.4 is 16.0 Å². The van der Waals surface area contributed by atoms with Crippen LogP contribution in [-0.4, -0.2) is 38.6 Å². The van der Waals surface area contributed by atoms with E-state index in [1.54, 1.807) is 31.4 Å². The Kier molecular flexibility index (Phi) is 7.62. The number of hydrogen-bond acceptors (Lipinski definition) is 4. The lowest BCUT2D eigenvalue weighted by atomic mass is 10.2. The normalized spacial score (nSPS) is 10.3. The van der Waals surface area contributed by atoms with Gasteiger partial charge in [-0.25, -0.2) is 0 Å². The molecular weight excluding hydrogens is 318 g/mol. The molecule has 0 fully saturated rings. The summed E-state index contributed by atoms with van der Waals surface area (Å²) in [4.78, 5) is 24.0. The van der Waals surface area contributed by atoms with Crippen LogP contribution in [0.15, 0.2) is 54.6 Å². The third-order valence-electron chi connectivity index (χ3n) is 3.46. The molecule has 0 spiro atoms. The van der Waals surface area contributed by atoms with Crippen molar-refractivity contribution in [2.75, 3.05) is 32.1 Å². The highest BCUT2D eigenvalue weighted by atomic mass is 16.5. The van der Waals surface area contributed by atoms with E-state index >= 15 is 0 Å². The molecule has 2 amide bonds. The van der Waals surface area contributed by atoms with Crippen molar-refractivity contribution < 1.29 is 14.3 Å². The lowest BCUT2D eigenvalue weighted by Gasteiger charge is -2.09. The van der Waals surface area contributed by atoms with Crippen molar-refractivity contribution >= 4 is 17.5 Å². The first-order chi connectivity index (χ1) is 12.2. The highest BCUT2D eigenvalue weighted by Gasteiger charge is 2.07. The number of carbonyl (C=O) groups is 2. The lowest BCUT2D eigenvalue weighted by Crippen LogP contribution is -2.28. The Morgan fingerprint density at radius 2 is 1.84 bits per heavy atom. The summed E-state index contributed by atoms with van der Waals surface area (Å²) in [6, 6.07) is 16.7. The van der Waals surface area contributed by atoms with Gasteiger partial charge in [0.25, 0.3) is 5.91 Å². The molecule has 0 aromatic heterocycles. The highest BCUT2D eigenvalue weighted by molar-refractivity contribution is 5.97. The fraction of sp³-hybridized carbons (Fsp3) is 0.263. The SMILES string of the molecule is COCCNC(=O)c1cccc(NC(=O)CNCc2ccccc2)c1. The minimum atomic E-state index is -0.199. The third kappa shape index (κ3) is 6.74. The molecule has 0 heterocycles. The van der Waals surface area contributed by atoms with E-state index in [4.69, 9.17) is 4.74 Å². The van der Waals surface area contributed by atoms with Gasteiger partial charge in [0.15, 0.2) is 0 Å². The van der Waals surface area contributed by atoms with Crippen molar-refractivity contribution in [3.05, 3.63) is 65.7 Å². The fourth-order valence-corrected chi connectivity index (χ4v) is 2.23. The van der Waals surface area contributed by atoms with Crippen LogP contribution in [0.2, 0.25) is 0 Å². The maximum atomic E-state index is 12.0. The first kappa shape index (κ1) is 18.6. The minimum Gasteiger partial charge on any atom is -0.383 e. The number of ether oxygens (including phenoxy) is 1. The van der Waals surface area contributed by atoms with Crippen molar-refractivity contribution in [3.8, 4) is 0 Å². The van der Waals surface area contributed by atoms with Crippen LogP contribution in [0.3, 0.4) is 0 Å². The van der Waals surface area contributed by atoms with Gasteiger partial charge in [0.05, 0.1) is 13.2 Å². The third-order valence-corrected chi connectivity index (χ3v) is 3.46. The van der Waals surface area contributed by atoms with Crippen molar-refractivity contribution in [1.29, 1.82) is 0 Å². The average Bonchev–Trinajstić information content (AvgIpc) is 2.63. The topological polar surface area (TPSA) is 79.5 Å². The maximum absolute atomic E-state index is 12.0. The first-order valence-corrected chi connectivity index (χ1v) is 8.10. The smallest absolute Gasteiger partial charge is 0.251 e. The van der Waals surface area contributed by atoms with Crippen LogP contribution in [0.1, 0.15) is 15.9 Å². The van der Waals surface area contributed by atoms with Crippen LogP contribution in [0.4, 0.5) is 5.69 Å². The molecule has 25 heavy (non-hydrogen) atoms. The van der Waals surface area contributed by atoms with E-state index in [-0.39, 0.29) is 18.4 Å². The van der Waals surface area contributed by atoms with Crippen LogP contribution in [0.5, 0.6) is 0 Å². The van der Waals surface area contributed by atoms with Crippen molar-refractivity contribution in [2.24, 2.45) is 0 Å². The number of carbonyl (C=O) groups excluding carboxylic acids is 2. The van der Waals surface area contributed by atoms with Crippen LogP contribution in [0.25, 0.3) is 0 Å². The quantitative estimate of drug-likeness (QED) is 0.608. The van der Waals surface area contributed by atoms with Gasteiger partial charge in [0, 0.05) is 31.5 Å². The van der Waals surface area contributed by atoms with Crippen molar-refractivity contribution in [2.45, 2.75) is 6.54 Å². The predicted molar refractivity (Wildman–Crippen MR) is 97.4 cm³/mol. The summed E-state index contributed by atoms with van der Waals surface area (Å²) in [7, 11) is 1.58. The second-order valence-electron chi connectivity index (χ2n) is 5.47. The second kappa shape index (κ2) is 10.2. The second-order valence-corrected chi connectivity index (χ2v) is 5.47. The van der Waals surface area contributed by atoms with Gasteiger partial charge < -0.3 is 20.7 Å². The number of amides is 2. The number of benzene rings is 2. The predicted octanol–water partition coefficient (Wildman–Crippen LogP) is 1.79. The molecule has 0 saturated heterocycles. The molecule has 0 radical (unpaired) electrons. The van der Waals surface area contributed by atoms with Gasteiger partial charge in [0.1, 0.15) is 0 Å². The van der Waals surface area contributed by atoms with E-state index in [1.165, 1.54) is 0 Å². The van der Waals surface area contributed by atoms with E-state index in [0.717, 1.165) is 5.56 Å². The van der Waals surface area contributed by atoms with Crippen LogP contribution in [-0.2, 0) is 16.1 Å². The van der Waals surface area contributed by atoms with E-state index in [0.29, 0.717) is 30.9 Å². The molecule has 2 aromatic carbocycles. The van der Waals surface area contributed by atoms with Crippen molar-refractivity contribution in [3.63, 3.8) is 0 Å². The van der Waals surface area contributed by atoms with Gasteiger partial charge >= 0.3 is 0 Å². The Balaban J connectivity index is 1.80. The summed E-state index contributed by atoms with van der Waals surface area (Å²) < 4.78 is 4.90. The van der Waals surface area contributed by atoms with E-state index in [2.05, 4.69) is 16.0 Å². The van der Waals surface area contributed by atoms with Crippen LogP contribution >= 0.6 is 0 Å². The van der Waals surface area contributed by atoms with Gasteiger partial charge in [-0.1, -0.05) is 36.4 Å². The zero-order valence-electron chi connectivity index (χ0n) is 14.2. The Hall–Kier alpha value is -2.70. The summed E-state index contributed by atoms with van der Waals surface area (Å²) in [6.45, 7) is 1.71. The Morgan fingerprint density at radius 3 is 2.60 bits per heavy atom. The summed E-state index contributed by atoms with van der Waals surface area (Å²) in [5.41, 5.74) is 2.20. The molecule has 2 aromatic rings. The monoisotopic (exact) mass is 341 g/mol. The largest absolute Gasteiger partial charge is 0.383 e. The Bertz CT molecular complexity index is 689.